The molecule has 4 aromatic rings. The van der Waals surface area contributed by atoms with E-state index in [2.05, 4.69) is 52.0 Å². The summed E-state index contributed by atoms with van der Waals surface area (Å²) in [5.74, 6) is 0. The van der Waals surface area contributed by atoms with Crippen LogP contribution in [-0.2, 0) is 0 Å². The van der Waals surface area contributed by atoms with Gasteiger partial charge in [0.15, 0.2) is 0 Å². The zero-order valence-corrected chi connectivity index (χ0v) is 13.8. The summed E-state index contributed by atoms with van der Waals surface area (Å²) < 4.78 is 2.90. The maximum absolute atomic E-state index is 2.38. The van der Waals surface area contributed by atoms with Gasteiger partial charge in [0.2, 0.25) is 0 Å². The second-order valence-corrected chi connectivity index (χ2v) is 8.19. The van der Waals surface area contributed by atoms with Crippen LogP contribution in [0.25, 0.3) is 30.9 Å². The molecule has 0 saturated carbocycles. The lowest BCUT2D eigenvalue weighted by Gasteiger charge is -2.07. The lowest BCUT2D eigenvalue weighted by molar-refractivity contribution is 1.54. The summed E-state index contributed by atoms with van der Waals surface area (Å²) in [6.07, 6.45) is 0. The molecule has 4 rings (SSSR count). The first kappa shape index (κ1) is 12.4. The summed E-state index contributed by atoms with van der Waals surface area (Å²) >= 11 is 3.85. The lowest BCUT2D eigenvalue weighted by atomic mass is 10.00. The molecule has 2 aromatic heterocycles. The van der Waals surface area contributed by atoms with Gasteiger partial charge in [-0.25, -0.2) is 0 Å². The molecule has 0 N–H and O–H groups in total. The van der Waals surface area contributed by atoms with Gasteiger partial charge in [0, 0.05) is 29.9 Å². The summed E-state index contributed by atoms with van der Waals surface area (Å²) in [6.45, 7) is 8.88. The van der Waals surface area contributed by atoms with Crippen LogP contribution in [0.2, 0.25) is 0 Å². The first-order chi connectivity index (χ1) is 9.54. The fourth-order valence-electron chi connectivity index (χ4n) is 3.13. The summed E-state index contributed by atoms with van der Waals surface area (Å²) in [7, 11) is 0. The van der Waals surface area contributed by atoms with Crippen LogP contribution in [0.4, 0.5) is 0 Å². The van der Waals surface area contributed by atoms with Gasteiger partial charge in [0.25, 0.3) is 0 Å². The zero-order chi connectivity index (χ0) is 14.0. The maximum Gasteiger partial charge on any atom is 0.0427 e. The molecule has 0 fully saturated rings. The third-order valence-corrected chi connectivity index (χ3v) is 6.23. The molecule has 2 heterocycles. The van der Waals surface area contributed by atoms with Gasteiger partial charge in [-0.3, -0.25) is 0 Å². The number of benzene rings is 2. The van der Waals surface area contributed by atoms with Crippen LogP contribution >= 0.6 is 22.7 Å². The van der Waals surface area contributed by atoms with Crippen LogP contribution in [0.5, 0.6) is 0 Å². The van der Waals surface area contributed by atoms with Gasteiger partial charge >= 0.3 is 0 Å². The molecular weight excluding hydrogens is 280 g/mol. The largest absolute Gasteiger partial charge is 0.140 e. The highest BCUT2D eigenvalue weighted by atomic mass is 32.1. The van der Waals surface area contributed by atoms with E-state index in [0.29, 0.717) is 0 Å². The first-order valence-electron chi connectivity index (χ1n) is 6.88. The fraction of sp³-hybridized carbons (Fsp3) is 0.222. The van der Waals surface area contributed by atoms with Gasteiger partial charge < -0.3 is 0 Å². The highest BCUT2D eigenvalue weighted by molar-refractivity contribution is 7.21. The van der Waals surface area contributed by atoms with Crippen LogP contribution in [-0.4, -0.2) is 0 Å². The number of hydrogen-bond acceptors (Lipinski definition) is 2. The van der Waals surface area contributed by atoms with Crippen molar-refractivity contribution in [1.82, 2.24) is 0 Å². The second-order valence-electron chi connectivity index (χ2n) is 5.68. The van der Waals surface area contributed by atoms with Gasteiger partial charge in [-0.1, -0.05) is 0 Å². The third kappa shape index (κ3) is 1.58. The van der Waals surface area contributed by atoms with Crippen molar-refractivity contribution in [1.29, 1.82) is 0 Å². The van der Waals surface area contributed by atoms with E-state index in [1.807, 2.05) is 22.7 Å². The zero-order valence-electron chi connectivity index (χ0n) is 12.1. The van der Waals surface area contributed by atoms with Gasteiger partial charge in [-0.05, 0) is 73.9 Å². The molecular formula is C18H16S2. The van der Waals surface area contributed by atoms with Crippen molar-refractivity contribution in [2.45, 2.75) is 27.7 Å². The Morgan fingerprint density at radius 2 is 0.950 bits per heavy atom. The van der Waals surface area contributed by atoms with Crippen LogP contribution in [0.15, 0.2) is 24.3 Å². The summed E-state index contributed by atoms with van der Waals surface area (Å²) in [6, 6.07) is 9.41. The van der Waals surface area contributed by atoms with Crippen molar-refractivity contribution in [2.75, 3.05) is 0 Å². The quantitative estimate of drug-likeness (QED) is 0.347. The molecule has 2 aromatic carbocycles. The monoisotopic (exact) mass is 296 g/mol. The highest BCUT2D eigenvalue weighted by Crippen LogP contribution is 2.41. The smallest absolute Gasteiger partial charge is 0.0427 e. The Hall–Kier alpha value is -1.38. The minimum atomic E-state index is 1.40. The standard InChI is InChI=1S/C18H16S2/c1-9-5-15-16(17-13(9)7-11(3)19-17)6-10(2)14-8-12(4)20-18(14)15/h5-8H,1-4H3. The predicted molar refractivity (Wildman–Crippen MR) is 93.7 cm³/mol. The van der Waals surface area contributed by atoms with Crippen LogP contribution in [0.3, 0.4) is 0 Å². The van der Waals surface area contributed by atoms with E-state index in [-0.39, 0.29) is 0 Å². The van der Waals surface area contributed by atoms with Gasteiger partial charge in [0.1, 0.15) is 0 Å². The molecule has 0 atom stereocenters. The van der Waals surface area contributed by atoms with E-state index in [1.165, 1.54) is 51.8 Å². The molecule has 100 valence electrons. The Kier molecular flexibility index (Phi) is 2.51. The molecule has 0 spiro atoms. The third-order valence-electron chi connectivity index (χ3n) is 4.06. The predicted octanol–water partition coefficient (Wildman–Crippen LogP) is 6.50. The van der Waals surface area contributed by atoms with Crippen molar-refractivity contribution in [3.63, 3.8) is 0 Å². The Morgan fingerprint density at radius 3 is 1.35 bits per heavy atom. The van der Waals surface area contributed by atoms with Crippen LogP contribution < -0.4 is 0 Å². The molecule has 0 aliphatic carbocycles. The Labute approximate surface area is 126 Å². The number of hydrogen-bond donors (Lipinski definition) is 0. The van der Waals surface area contributed by atoms with Crippen molar-refractivity contribution < 1.29 is 0 Å². The molecule has 20 heavy (non-hydrogen) atoms. The lowest BCUT2D eigenvalue weighted by Crippen LogP contribution is -1.81. The number of fused-ring (bicyclic) bond motifs is 5. The van der Waals surface area contributed by atoms with E-state index in [9.17, 15) is 0 Å². The Balaban J connectivity index is 2.35. The molecule has 0 bridgehead atoms. The van der Waals surface area contributed by atoms with E-state index in [1.54, 1.807) is 0 Å². The number of aryl methyl sites for hydroxylation is 4. The molecule has 2 heteroatoms. The van der Waals surface area contributed by atoms with Gasteiger partial charge in [-0.15, -0.1) is 22.7 Å². The average Bonchev–Trinajstić information content (AvgIpc) is 2.95. The number of rotatable bonds is 0. The molecule has 0 amide bonds. The average molecular weight is 296 g/mol. The maximum atomic E-state index is 2.38. The molecule has 0 aliphatic heterocycles. The minimum Gasteiger partial charge on any atom is -0.140 e. The normalized spacial score (nSPS) is 12.0. The van der Waals surface area contributed by atoms with Crippen LogP contribution in [0.1, 0.15) is 20.9 Å². The van der Waals surface area contributed by atoms with Gasteiger partial charge in [-0.2, -0.15) is 0 Å². The fourth-order valence-corrected chi connectivity index (χ4v) is 5.35. The second kappa shape index (κ2) is 4.06. The first-order valence-corrected chi connectivity index (χ1v) is 8.51. The molecule has 0 saturated heterocycles. The van der Waals surface area contributed by atoms with Crippen molar-refractivity contribution in [3.8, 4) is 0 Å². The van der Waals surface area contributed by atoms with Crippen LogP contribution in [0, 0.1) is 27.7 Å². The van der Waals surface area contributed by atoms with E-state index in [4.69, 9.17) is 0 Å². The van der Waals surface area contributed by atoms with E-state index >= 15 is 0 Å². The minimum absolute atomic E-state index is 1.40. The summed E-state index contributed by atoms with van der Waals surface area (Å²) in [5, 5.41) is 5.70. The topological polar surface area (TPSA) is 0 Å². The SMILES string of the molecule is Cc1cc2c(C)cc3c(cc(C)c4cc(C)sc43)c2s1. The molecule has 0 aliphatic rings. The Bertz CT molecular complexity index is 902. The Morgan fingerprint density at radius 1 is 0.550 bits per heavy atom. The van der Waals surface area contributed by atoms with E-state index in [0.717, 1.165) is 0 Å². The molecule has 0 nitrogen and oxygen atoms in total. The van der Waals surface area contributed by atoms with E-state index < -0.39 is 0 Å². The summed E-state index contributed by atoms with van der Waals surface area (Å²) in [4.78, 5) is 2.80. The molecule has 0 unspecified atom stereocenters. The summed E-state index contributed by atoms with van der Waals surface area (Å²) in [5.41, 5.74) is 2.79. The number of thiophene rings is 2. The van der Waals surface area contributed by atoms with Crippen molar-refractivity contribution in [3.05, 3.63) is 45.1 Å². The highest BCUT2D eigenvalue weighted by Gasteiger charge is 2.12. The van der Waals surface area contributed by atoms with Crippen molar-refractivity contribution >= 4 is 53.6 Å². The van der Waals surface area contributed by atoms with Crippen molar-refractivity contribution in [2.24, 2.45) is 0 Å². The molecule has 0 radical (unpaired) electrons. The van der Waals surface area contributed by atoms with Gasteiger partial charge in [0.05, 0.1) is 0 Å².